The summed E-state index contributed by atoms with van der Waals surface area (Å²) in [7, 11) is 1.88. The van der Waals surface area contributed by atoms with Crippen LogP contribution in [0.3, 0.4) is 0 Å². The fourth-order valence-electron chi connectivity index (χ4n) is 1.98. The third-order valence-electron chi connectivity index (χ3n) is 3.14. The summed E-state index contributed by atoms with van der Waals surface area (Å²) in [5, 5.41) is 5.92. The number of oxazole rings is 1. The minimum absolute atomic E-state index is 0.0177. The first-order valence-corrected chi connectivity index (χ1v) is 7.25. The van der Waals surface area contributed by atoms with Crippen molar-refractivity contribution in [3.8, 4) is 0 Å². The van der Waals surface area contributed by atoms with E-state index in [1.807, 2.05) is 25.2 Å². The number of benzene rings is 1. The number of hydrogen-bond acceptors (Lipinski definition) is 4. The number of carbonyl (C=O) groups excluding carboxylic acids is 1. The van der Waals surface area contributed by atoms with Crippen LogP contribution in [-0.4, -0.2) is 24.5 Å². The Morgan fingerprint density at radius 2 is 2.10 bits per heavy atom. The lowest BCUT2D eigenvalue weighted by Gasteiger charge is -2.11. The molecule has 1 aromatic carbocycles. The zero-order valence-corrected chi connectivity index (χ0v) is 13.1. The molecule has 0 saturated carbocycles. The van der Waals surface area contributed by atoms with Gasteiger partial charge >= 0.3 is 0 Å². The van der Waals surface area contributed by atoms with Crippen LogP contribution >= 0.6 is 0 Å². The van der Waals surface area contributed by atoms with Crippen molar-refractivity contribution in [3.63, 3.8) is 0 Å². The van der Waals surface area contributed by atoms with Crippen molar-refractivity contribution >= 4 is 22.7 Å². The first-order chi connectivity index (χ1) is 9.90. The molecule has 0 atom stereocenters. The van der Waals surface area contributed by atoms with E-state index in [0.717, 1.165) is 29.8 Å². The molecule has 0 aliphatic heterocycles. The van der Waals surface area contributed by atoms with E-state index in [0.29, 0.717) is 12.3 Å². The third kappa shape index (κ3) is 4.04. The van der Waals surface area contributed by atoms with Crippen molar-refractivity contribution in [2.75, 3.05) is 18.9 Å². The second-order valence-electron chi connectivity index (χ2n) is 6.21. The predicted molar refractivity (Wildman–Crippen MR) is 84.5 cm³/mol. The average Bonchev–Trinajstić information content (AvgIpc) is 2.82. The Morgan fingerprint density at radius 3 is 2.76 bits per heavy atom. The van der Waals surface area contributed by atoms with E-state index in [9.17, 15) is 4.79 Å². The summed E-state index contributed by atoms with van der Waals surface area (Å²) in [5.74, 6) is 0.721. The standard InChI is InChI=1S/C16H23N3O2/c1-16(2,3)15-19-12-10-11(7-8-13(12)21-15)18-14(20)6-5-9-17-4/h7-8,10,17H,5-6,9H2,1-4H3,(H,18,20). The van der Waals surface area contributed by atoms with Gasteiger partial charge in [-0.3, -0.25) is 4.79 Å². The Kier molecular flexibility index (Phi) is 4.63. The van der Waals surface area contributed by atoms with Crippen LogP contribution in [0.5, 0.6) is 0 Å². The molecule has 5 heteroatoms. The molecule has 114 valence electrons. The highest BCUT2D eigenvalue weighted by Gasteiger charge is 2.21. The topological polar surface area (TPSA) is 67.2 Å². The van der Waals surface area contributed by atoms with Gasteiger partial charge in [0.1, 0.15) is 5.52 Å². The molecule has 1 aromatic heterocycles. The Balaban J connectivity index is 2.10. The first kappa shape index (κ1) is 15.5. The van der Waals surface area contributed by atoms with Crippen molar-refractivity contribution < 1.29 is 9.21 Å². The minimum Gasteiger partial charge on any atom is -0.440 e. The van der Waals surface area contributed by atoms with Gasteiger partial charge in [-0.1, -0.05) is 20.8 Å². The van der Waals surface area contributed by atoms with Crippen LogP contribution in [0.1, 0.15) is 39.5 Å². The third-order valence-corrected chi connectivity index (χ3v) is 3.14. The molecule has 0 aliphatic rings. The van der Waals surface area contributed by atoms with Crippen LogP contribution in [0.4, 0.5) is 5.69 Å². The van der Waals surface area contributed by atoms with E-state index in [2.05, 4.69) is 36.4 Å². The number of amides is 1. The molecular weight excluding hydrogens is 266 g/mol. The Labute approximate surface area is 125 Å². The molecule has 0 aliphatic carbocycles. The van der Waals surface area contributed by atoms with Gasteiger partial charge in [0, 0.05) is 17.5 Å². The van der Waals surface area contributed by atoms with Crippen LogP contribution in [0.15, 0.2) is 22.6 Å². The van der Waals surface area contributed by atoms with Crippen molar-refractivity contribution in [2.24, 2.45) is 0 Å². The smallest absolute Gasteiger partial charge is 0.224 e. The lowest BCUT2D eigenvalue weighted by molar-refractivity contribution is -0.116. The molecule has 0 bridgehead atoms. The van der Waals surface area contributed by atoms with Crippen LogP contribution in [0, 0.1) is 0 Å². The van der Waals surface area contributed by atoms with Crippen LogP contribution in [0.25, 0.3) is 11.1 Å². The number of fused-ring (bicyclic) bond motifs is 1. The lowest BCUT2D eigenvalue weighted by atomic mass is 9.97. The number of anilines is 1. The highest BCUT2D eigenvalue weighted by Crippen LogP contribution is 2.27. The summed E-state index contributed by atoms with van der Waals surface area (Å²) < 4.78 is 5.74. The quantitative estimate of drug-likeness (QED) is 0.830. The summed E-state index contributed by atoms with van der Waals surface area (Å²) in [6, 6.07) is 5.54. The maximum atomic E-state index is 11.8. The average molecular weight is 289 g/mol. The van der Waals surface area contributed by atoms with Gasteiger partial charge in [0.25, 0.3) is 0 Å². The fourth-order valence-corrected chi connectivity index (χ4v) is 1.98. The molecule has 2 aromatic rings. The van der Waals surface area contributed by atoms with Gasteiger partial charge in [0.05, 0.1) is 0 Å². The van der Waals surface area contributed by atoms with Crippen molar-refractivity contribution in [2.45, 2.75) is 39.0 Å². The first-order valence-electron chi connectivity index (χ1n) is 7.25. The summed E-state index contributed by atoms with van der Waals surface area (Å²) in [6.07, 6.45) is 1.33. The predicted octanol–water partition coefficient (Wildman–Crippen LogP) is 3.06. The van der Waals surface area contributed by atoms with Crippen LogP contribution in [-0.2, 0) is 10.2 Å². The molecule has 5 nitrogen and oxygen atoms in total. The molecule has 21 heavy (non-hydrogen) atoms. The normalized spacial score (nSPS) is 11.8. The summed E-state index contributed by atoms with van der Waals surface area (Å²) >= 11 is 0. The van der Waals surface area contributed by atoms with E-state index in [-0.39, 0.29) is 11.3 Å². The number of rotatable bonds is 5. The lowest BCUT2D eigenvalue weighted by Crippen LogP contribution is -2.15. The van der Waals surface area contributed by atoms with E-state index >= 15 is 0 Å². The molecular formula is C16H23N3O2. The van der Waals surface area contributed by atoms with Gasteiger partial charge < -0.3 is 15.1 Å². The maximum Gasteiger partial charge on any atom is 0.224 e. The van der Waals surface area contributed by atoms with Gasteiger partial charge in [-0.2, -0.15) is 0 Å². The zero-order valence-electron chi connectivity index (χ0n) is 13.1. The minimum atomic E-state index is -0.129. The SMILES string of the molecule is CNCCCC(=O)Nc1ccc2oc(C(C)(C)C)nc2c1. The Hall–Kier alpha value is -1.88. The molecule has 0 unspecified atom stereocenters. The molecule has 0 radical (unpaired) electrons. The van der Waals surface area contributed by atoms with Crippen molar-refractivity contribution in [3.05, 3.63) is 24.1 Å². The molecule has 2 N–H and O–H groups in total. The maximum absolute atomic E-state index is 11.8. The summed E-state index contributed by atoms with van der Waals surface area (Å²) in [4.78, 5) is 16.3. The monoisotopic (exact) mass is 289 g/mol. The van der Waals surface area contributed by atoms with Crippen LogP contribution in [0.2, 0.25) is 0 Å². The van der Waals surface area contributed by atoms with Crippen molar-refractivity contribution in [1.29, 1.82) is 0 Å². The van der Waals surface area contributed by atoms with Gasteiger partial charge in [-0.05, 0) is 38.2 Å². The van der Waals surface area contributed by atoms with Gasteiger partial charge in [-0.25, -0.2) is 4.98 Å². The molecule has 0 spiro atoms. The van der Waals surface area contributed by atoms with Gasteiger partial charge in [0.2, 0.25) is 11.8 Å². The highest BCUT2D eigenvalue weighted by atomic mass is 16.3. The van der Waals surface area contributed by atoms with E-state index in [1.54, 1.807) is 0 Å². The zero-order chi connectivity index (χ0) is 15.5. The number of hydrogen-bond donors (Lipinski definition) is 2. The van der Waals surface area contributed by atoms with Crippen LogP contribution < -0.4 is 10.6 Å². The van der Waals surface area contributed by atoms with Crippen molar-refractivity contribution in [1.82, 2.24) is 10.3 Å². The molecule has 1 amide bonds. The summed E-state index contributed by atoms with van der Waals surface area (Å²) in [6.45, 7) is 7.01. The summed E-state index contributed by atoms with van der Waals surface area (Å²) in [5.41, 5.74) is 2.14. The molecule has 2 rings (SSSR count). The Bertz CT molecular complexity index is 626. The van der Waals surface area contributed by atoms with E-state index in [4.69, 9.17) is 4.42 Å². The number of nitrogens with zero attached hydrogens (tertiary/aromatic N) is 1. The number of carbonyl (C=O) groups is 1. The molecule has 1 heterocycles. The van der Waals surface area contributed by atoms with E-state index in [1.165, 1.54) is 0 Å². The molecule has 0 fully saturated rings. The Morgan fingerprint density at radius 1 is 1.33 bits per heavy atom. The highest BCUT2D eigenvalue weighted by molar-refractivity contribution is 5.92. The van der Waals surface area contributed by atoms with Gasteiger partial charge in [0.15, 0.2) is 5.58 Å². The second kappa shape index (κ2) is 6.26. The van der Waals surface area contributed by atoms with E-state index < -0.39 is 0 Å². The molecule has 0 saturated heterocycles. The number of aromatic nitrogens is 1. The second-order valence-corrected chi connectivity index (χ2v) is 6.21. The fraction of sp³-hybridized carbons (Fsp3) is 0.500. The largest absolute Gasteiger partial charge is 0.440 e. The van der Waals surface area contributed by atoms with Gasteiger partial charge in [-0.15, -0.1) is 0 Å². The number of nitrogens with one attached hydrogen (secondary N) is 2.